The Labute approximate surface area is 155 Å². The smallest absolute Gasteiger partial charge is 0.368 e. The second-order valence-electron chi connectivity index (χ2n) is 6.44. The van der Waals surface area contributed by atoms with Crippen LogP contribution in [-0.4, -0.2) is 17.9 Å². The number of carbonyl (C=O) groups excluding carboxylic acids is 2. The Morgan fingerprint density at radius 1 is 1.04 bits per heavy atom. The van der Waals surface area contributed by atoms with E-state index in [-0.39, 0.29) is 24.7 Å². The number of hydrogen-bond acceptors (Lipinski definition) is 2. The van der Waals surface area contributed by atoms with Gasteiger partial charge in [0.15, 0.2) is 0 Å². The molecule has 0 aromatic heterocycles. The molecule has 0 saturated heterocycles. The predicted octanol–water partition coefficient (Wildman–Crippen LogP) is 3.41. The van der Waals surface area contributed by atoms with Gasteiger partial charge in [0.25, 0.3) is 0 Å². The molecule has 144 valence electrons. The van der Waals surface area contributed by atoms with Gasteiger partial charge >= 0.3 is 6.18 Å². The second kappa shape index (κ2) is 8.70. The van der Waals surface area contributed by atoms with Crippen molar-refractivity contribution in [1.82, 2.24) is 5.32 Å². The molecule has 0 fully saturated rings. The summed E-state index contributed by atoms with van der Waals surface area (Å²) < 4.78 is 37.9. The molecule has 0 bridgehead atoms. The SMILES string of the molecule is CC(CC(=O)NC(Cc1ccccc1)C(N)=O)c1ccc(C(F)(F)F)cc1. The van der Waals surface area contributed by atoms with E-state index in [2.05, 4.69) is 5.32 Å². The van der Waals surface area contributed by atoms with Crippen molar-refractivity contribution in [3.8, 4) is 0 Å². The molecule has 0 saturated carbocycles. The second-order valence-corrected chi connectivity index (χ2v) is 6.44. The maximum atomic E-state index is 12.6. The third-order valence-corrected chi connectivity index (χ3v) is 4.26. The van der Waals surface area contributed by atoms with Crippen molar-refractivity contribution in [1.29, 1.82) is 0 Å². The van der Waals surface area contributed by atoms with E-state index in [9.17, 15) is 22.8 Å². The van der Waals surface area contributed by atoms with E-state index in [1.165, 1.54) is 12.1 Å². The van der Waals surface area contributed by atoms with Crippen LogP contribution in [0.3, 0.4) is 0 Å². The molecule has 7 heteroatoms. The summed E-state index contributed by atoms with van der Waals surface area (Å²) >= 11 is 0. The van der Waals surface area contributed by atoms with Gasteiger partial charge in [-0.3, -0.25) is 9.59 Å². The van der Waals surface area contributed by atoms with Crippen LogP contribution < -0.4 is 11.1 Å². The van der Waals surface area contributed by atoms with Gasteiger partial charge in [-0.1, -0.05) is 49.4 Å². The topological polar surface area (TPSA) is 72.2 Å². The lowest BCUT2D eigenvalue weighted by molar-refractivity contribution is -0.137. The number of rotatable bonds is 7. The normalized spacial score (nSPS) is 13.6. The monoisotopic (exact) mass is 378 g/mol. The Balaban J connectivity index is 1.97. The first kappa shape index (κ1) is 20.5. The number of amides is 2. The number of nitrogens with two attached hydrogens (primary N) is 1. The zero-order chi connectivity index (χ0) is 20.0. The molecule has 0 aliphatic rings. The molecular weight excluding hydrogens is 357 g/mol. The van der Waals surface area contributed by atoms with Crippen LogP contribution in [-0.2, 0) is 22.2 Å². The minimum Gasteiger partial charge on any atom is -0.368 e. The molecule has 0 heterocycles. The van der Waals surface area contributed by atoms with Crippen molar-refractivity contribution in [2.24, 2.45) is 5.73 Å². The molecule has 2 aromatic rings. The summed E-state index contributed by atoms with van der Waals surface area (Å²) in [5.41, 5.74) is 6.10. The predicted molar refractivity (Wildman–Crippen MR) is 95.7 cm³/mol. The minimum atomic E-state index is -4.40. The first-order valence-electron chi connectivity index (χ1n) is 8.46. The van der Waals surface area contributed by atoms with E-state index in [1.54, 1.807) is 6.92 Å². The number of halogens is 3. The Kier molecular flexibility index (Phi) is 6.60. The van der Waals surface area contributed by atoms with Gasteiger partial charge < -0.3 is 11.1 Å². The van der Waals surface area contributed by atoms with Crippen molar-refractivity contribution in [3.05, 3.63) is 71.3 Å². The molecule has 4 nitrogen and oxygen atoms in total. The van der Waals surface area contributed by atoms with Crippen LogP contribution in [0.1, 0.15) is 36.0 Å². The summed E-state index contributed by atoms with van der Waals surface area (Å²) in [6.45, 7) is 1.73. The maximum Gasteiger partial charge on any atom is 0.416 e. The van der Waals surface area contributed by atoms with Gasteiger partial charge in [0.2, 0.25) is 11.8 Å². The summed E-state index contributed by atoms with van der Waals surface area (Å²) in [4.78, 5) is 23.9. The zero-order valence-electron chi connectivity index (χ0n) is 14.8. The average Bonchev–Trinajstić information content (AvgIpc) is 2.61. The number of hydrogen-bond donors (Lipinski definition) is 2. The van der Waals surface area contributed by atoms with Crippen LogP contribution in [0.25, 0.3) is 0 Å². The Hall–Kier alpha value is -2.83. The summed E-state index contributed by atoms with van der Waals surface area (Å²) in [6.07, 6.45) is -4.09. The highest BCUT2D eigenvalue weighted by Gasteiger charge is 2.30. The van der Waals surface area contributed by atoms with Crippen LogP contribution in [0.5, 0.6) is 0 Å². The molecule has 2 unspecified atom stereocenters. The van der Waals surface area contributed by atoms with Gasteiger partial charge in [-0.15, -0.1) is 0 Å². The first-order valence-corrected chi connectivity index (χ1v) is 8.46. The highest BCUT2D eigenvalue weighted by Crippen LogP contribution is 2.30. The van der Waals surface area contributed by atoms with Crippen molar-refractivity contribution < 1.29 is 22.8 Å². The fourth-order valence-electron chi connectivity index (χ4n) is 2.72. The lowest BCUT2D eigenvalue weighted by Crippen LogP contribution is -2.46. The van der Waals surface area contributed by atoms with Crippen LogP contribution in [0.15, 0.2) is 54.6 Å². The van der Waals surface area contributed by atoms with E-state index >= 15 is 0 Å². The maximum absolute atomic E-state index is 12.6. The molecule has 27 heavy (non-hydrogen) atoms. The average molecular weight is 378 g/mol. The van der Waals surface area contributed by atoms with E-state index in [0.29, 0.717) is 5.56 Å². The van der Waals surface area contributed by atoms with E-state index in [1.807, 2.05) is 30.3 Å². The van der Waals surface area contributed by atoms with Gasteiger partial charge in [-0.2, -0.15) is 13.2 Å². The van der Waals surface area contributed by atoms with Gasteiger partial charge in [0.1, 0.15) is 6.04 Å². The van der Waals surface area contributed by atoms with Crippen LogP contribution in [0.4, 0.5) is 13.2 Å². The number of carbonyl (C=O) groups is 2. The molecule has 2 amide bonds. The lowest BCUT2D eigenvalue weighted by Gasteiger charge is -2.18. The van der Waals surface area contributed by atoms with E-state index in [0.717, 1.165) is 17.7 Å². The Morgan fingerprint density at radius 2 is 1.63 bits per heavy atom. The van der Waals surface area contributed by atoms with Crippen molar-refractivity contribution in [2.45, 2.75) is 37.9 Å². The summed E-state index contributed by atoms with van der Waals surface area (Å²) in [7, 11) is 0. The van der Waals surface area contributed by atoms with Crippen LogP contribution >= 0.6 is 0 Å². The number of primary amides is 1. The number of alkyl halides is 3. The summed E-state index contributed by atoms with van der Waals surface area (Å²) in [5.74, 6) is -1.34. The minimum absolute atomic E-state index is 0.0317. The molecule has 2 rings (SSSR count). The number of nitrogens with one attached hydrogen (secondary N) is 1. The number of benzene rings is 2. The van der Waals surface area contributed by atoms with Crippen molar-refractivity contribution in [2.75, 3.05) is 0 Å². The fraction of sp³-hybridized carbons (Fsp3) is 0.300. The van der Waals surface area contributed by atoms with Crippen LogP contribution in [0.2, 0.25) is 0 Å². The van der Waals surface area contributed by atoms with Crippen LogP contribution in [0, 0.1) is 0 Å². The molecule has 0 radical (unpaired) electrons. The largest absolute Gasteiger partial charge is 0.416 e. The highest BCUT2D eigenvalue weighted by atomic mass is 19.4. The first-order chi connectivity index (χ1) is 12.7. The summed E-state index contributed by atoms with van der Waals surface area (Å²) in [5, 5.41) is 2.61. The molecule has 0 aliphatic heterocycles. The molecule has 3 N–H and O–H groups in total. The molecule has 2 aromatic carbocycles. The van der Waals surface area contributed by atoms with Gasteiger partial charge in [-0.25, -0.2) is 0 Å². The van der Waals surface area contributed by atoms with E-state index < -0.39 is 23.7 Å². The zero-order valence-corrected chi connectivity index (χ0v) is 14.8. The highest BCUT2D eigenvalue weighted by molar-refractivity contribution is 5.87. The Morgan fingerprint density at radius 3 is 2.15 bits per heavy atom. The van der Waals surface area contributed by atoms with Gasteiger partial charge in [0, 0.05) is 12.8 Å². The Bertz CT molecular complexity index is 774. The lowest BCUT2D eigenvalue weighted by atomic mass is 9.96. The van der Waals surface area contributed by atoms with E-state index in [4.69, 9.17) is 5.73 Å². The van der Waals surface area contributed by atoms with Gasteiger partial charge in [-0.05, 0) is 29.2 Å². The van der Waals surface area contributed by atoms with Crippen molar-refractivity contribution >= 4 is 11.8 Å². The molecule has 0 spiro atoms. The standard InChI is InChI=1S/C20H21F3N2O2/c1-13(15-7-9-16(10-8-15)20(21,22)23)11-18(26)25-17(19(24)27)12-14-5-3-2-4-6-14/h2-10,13,17H,11-12H2,1H3,(H2,24,27)(H,25,26). The quantitative estimate of drug-likeness (QED) is 0.775. The third kappa shape index (κ3) is 6.13. The summed E-state index contributed by atoms with van der Waals surface area (Å²) in [6, 6.07) is 13.0. The van der Waals surface area contributed by atoms with Crippen molar-refractivity contribution in [3.63, 3.8) is 0 Å². The van der Waals surface area contributed by atoms with Gasteiger partial charge in [0.05, 0.1) is 5.56 Å². The molecule has 2 atom stereocenters. The fourth-order valence-corrected chi connectivity index (χ4v) is 2.72. The molecule has 0 aliphatic carbocycles. The third-order valence-electron chi connectivity index (χ3n) is 4.26. The molecular formula is C20H21F3N2O2.